The monoisotopic (exact) mass is 269 g/mol. The summed E-state index contributed by atoms with van der Waals surface area (Å²) < 4.78 is 5.35. The summed E-state index contributed by atoms with van der Waals surface area (Å²) in [6, 6.07) is 0. The Kier molecular flexibility index (Phi) is 5.19. The highest BCUT2D eigenvalue weighted by Gasteiger charge is 2.34. The van der Waals surface area contributed by atoms with Gasteiger partial charge in [0, 0.05) is 45.9 Å². The number of carbonyl (C=O) groups is 1. The largest absolute Gasteiger partial charge is 0.381 e. The summed E-state index contributed by atoms with van der Waals surface area (Å²) in [6.45, 7) is 10.4. The first-order valence-corrected chi connectivity index (χ1v) is 7.42. The fourth-order valence-corrected chi connectivity index (χ4v) is 2.78. The molecule has 19 heavy (non-hydrogen) atoms. The molecule has 1 unspecified atom stereocenters. The average molecular weight is 269 g/mol. The molecular weight excluding hydrogens is 242 g/mol. The van der Waals surface area contributed by atoms with E-state index >= 15 is 0 Å². The molecule has 0 saturated carbocycles. The van der Waals surface area contributed by atoms with Crippen molar-refractivity contribution in [3.63, 3.8) is 0 Å². The fourth-order valence-electron chi connectivity index (χ4n) is 2.78. The van der Waals surface area contributed by atoms with E-state index < -0.39 is 5.54 Å². The van der Waals surface area contributed by atoms with E-state index in [2.05, 4.69) is 15.5 Å². The topological polar surface area (TPSA) is 53.6 Å². The molecule has 0 aromatic heterocycles. The standard InChI is InChI=1S/C14H27N3O2/c1-14(2,17-8-6-15-7-9-17)13(18)16-5-3-12-4-10-19-11-12/h12,15H,3-11H2,1-2H3,(H,16,18). The minimum atomic E-state index is -0.408. The van der Waals surface area contributed by atoms with Crippen LogP contribution in [0.5, 0.6) is 0 Å². The van der Waals surface area contributed by atoms with Gasteiger partial charge in [-0.2, -0.15) is 0 Å². The highest BCUT2D eigenvalue weighted by molar-refractivity contribution is 5.85. The van der Waals surface area contributed by atoms with Gasteiger partial charge in [-0.1, -0.05) is 0 Å². The number of rotatable bonds is 5. The van der Waals surface area contributed by atoms with E-state index in [1.807, 2.05) is 13.8 Å². The molecule has 2 rings (SSSR count). The van der Waals surface area contributed by atoms with Gasteiger partial charge in [0.05, 0.1) is 5.54 Å². The Hall–Kier alpha value is -0.650. The summed E-state index contributed by atoms with van der Waals surface area (Å²) in [5.41, 5.74) is -0.408. The maximum Gasteiger partial charge on any atom is 0.239 e. The Morgan fingerprint density at radius 1 is 1.42 bits per heavy atom. The number of hydrogen-bond acceptors (Lipinski definition) is 4. The molecule has 5 heteroatoms. The van der Waals surface area contributed by atoms with Crippen molar-refractivity contribution in [2.24, 2.45) is 5.92 Å². The second kappa shape index (κ2) is 6.68. The highest BCUT2D eigenvalue weighted by Crippen LogP contribution is 2.17. The molecule has 2 aliphatic heterocycles. The van der Waals surface area contributed by atoms with Crippen molar-refractivity contribution in [2.75, 3.05) is 45.9 Å². The summed E-state index contributed by atoms with van der Waals surface area (Å²) in [5.74, 6) is 0.774. The number of nitrogens with zero attached hydrogens (tertiary/aromatic N) is 1. The number of hydrogen-bond donors (Lipinski definition) is 2. The first kappa shape index (κ1) is 14.8. The molecule has 0 spiro atoms. The molecule has 2 fully saturated rings. The van der Waals surface area contributed by atoms with Gasteiger partial charge in [-0.3, -0.25) is 9.69 Å². The van der Waals surface area contributed by atoms with Gasteiger partial charge in [0.15, 0.2) is 0 Å². The van der Waals surface area contributed by atoms with Crippen LogP contribution in [0.1, 0.15) is 26.7 Å². The molecule has 0 radical (unpaired) electrons. The molecule has 1 atom stereocenters. The Morgan fingerprint density at radius 3 is 2.79 bits per heavy atom. The zero-order valence-electron chi connectivity index (χ0n) is 12.2. The third-order valence-corrected chi connectivity index (χ3v) is 4.33. The number of amides is 1. The van der Waals surface area contributed by atoms with Crippen LogP contribution in [0.15, 0.2) is 0 Å². The number of piperazine rings is 1. The summed E-state index contributed by atoms with van der Waals surface area (Å²) in [6.07, 6.45) is 2.17. The van der Waals surface area contributed by atoms with Gasteiger partial charge < -0.3 is 15.4 Å². The predicted octanol–water partition coefficient (Wildman–Crippen LogP) is 0.213. The van der Waals surface area contributed by atoms with Crippen molar-refractivity contribution in [1.82, 2.24) is 15.5 Å². The molecular formula is C14H27N3O2. The third-order valence-electron chi connectivity index (χ3n) is 4.33. The van der Waals surface area contributed by atoms with Crippen molar-refractivity contribution >= 4 is 5.91 Å². The van der Waals surface area contributed by atoms with Gasteiger partial charge in [0.25, 0.3) is 0 Å². The van der Waals surface area contributed by atoms with E-state index in [1.165, 1.54) is 0 Å². The first-order chi connectivity index (χ1) is 9.10. The van der Waals surface area contributed by atoms with Crippen molar-refractivity contribution in [1.29, 1.82) is 0 Å². The molecule has 5 nitrogen and oxygen atoms in total. The number of carbonyl (C=O) groups excluding carboxylic acids is 1. The zero-order chi connectivity index (χ0) is 13.7. The van der Waals surface area contributed by atoms with E-state index in [4.69, 9.17) is 4.74 Å². The Bertz CT molecular complexity index is 295. The van der Waals surface area contributed by atoms with Crippen molar-refractivity contribution in [3.8, 4) is 0 Å². The lowest BCUT2D eigenvalue weighted by Gasteiger charge is -2.39. The van der Waals surface area contributed by atoms with Crippen LogP contribution in [0, 0.1) is 5.92 Å². The SMILES string of the molecule is CC(C)(C(=O)NCCC1CCOC1)N1CCNCC1. The minimum absolute atomic E-state index is 0.147. The van der Waals surface area contributed by atoms with Crippen LogP contribution in [0.2, 0.25) is 0 Å². The molecule has 0 bridgehead atoms. The van der Waals surface area contributed by atoms with Gasteiger partial charge in [0.2, 0.25) is 5.91 Å². The van der Waals surface area contributed by atoms with Gasteiger partial charge in [-0.25, -0.2) is 0 Å². The first-order valence-electron chi connectivity index (χ1n) is 7.42. The molecule has 0 aromatic rings. The lowest BCUT2D eigenvalue weighted by Crippen LogP contribution is -2.60. The van der Waals surface area contributed by atoms with Crippen molar-refractivity contribution in [3.05, 3.63) is 0 Å². The van der Waals surface area contributed by atoms with Crippen molar-refractivity contribution < 1.29 is 9.53 Å². The molecule has 0 aliphatic carbocycles. The van der Waals surface area contributed by atoms with Crippen LogP contribution in [0.3, 0.4) is 0 Å². The van der Waals surface area contributed by atoms with Crippen LogP contribution in [-0.4, -0.2) is 62.3 Å². The van der Waals surface area contributed by atoms with Crippen molar-refractivity contribution in [2.45, 2.75) is 32.2 Å². The quantitative estimate of drug-likeness (QED) is 0.749. The Morgan fingerprint density at radius 2 is 2.16 bits per heavy atom. The van der Waals surface area contributed by atoms with Crippen LogP contribution < -0.4 is 10.6 Å². The van der Waals surface area contributed by atoms with Gasteiger partial charge >= 0.3 is 0 Å². The highest BCUT2D eigenvalue weighted by atomic mass is 16.5. The maximum atomic E-state index is 12.3. The lowest BCUT2D eigenvalue weighted by molar-refractivity contribution is -0.132. The van der Waals surface area contributed by atoms with E-state index in [1.54, 1.807) is 0 Å². The summed E-state index contributed by atoms with van der Waals surface area (Å²) in [5, 5.41) is 6.41. The maximum absolute atomic E-state index is 12.3. The fraction of sp³-hybridized carbons (Fsp3) is 0.929. The number of nitrogens with one attached hydrogen (secondary N) is 2. The minimum Gasteiger partial charge on any atom is -0.381 e. The van der Waals surface area contributed by atoms with E-state index in [0.717, 1.165) is 58.8 Å². The molecule has 2 aliphatic rings. The average Bonchev–Trinajstić information content (AvgIpc) is 2.93. The third kappa shape index (κ3) is 3.91. The zero-order valence-corrected chi connectivity index (χ0v) is 12.2. The molecule has 2 N–H and O–H groups in total. The second-order valence-corrected chi connectivity index (χ2v) is 6.07. The van der Waals surface area contributed by atoms with Crippen LogP contribution in [-0.2, 0) is 9.53 Å². The normalized spacial score (nSPS) is 25.5. The van der Waals surface area contributed by atoms with E-state index in [-0.39, 0.29) is 5.91 Å². The van der Waals surface area contributed by atoms with Crippen LogP contribution in [0.4, 0.5) is 0 Å². The Balaban J connectivity index is 1.73. The molecule has 2 heterocycles. The second-order valence-electron chi connectivity index (χ2n) is 6.07. The van der Waals surface area contributed by atoms with Gasteiger partial charge in [-0.05, 0) is 32.6 Å². The van der Waals surface area contributed by atoms with E-state index in [0.29, 0.717) is 5.92 Å². The van der Waals surface area contributed by atoms with Crippen LogP contribution >= 0.6 is 0 Å². The van der Waals surface area contributed by atoms with Gasteiger partial charge in [-0.15, -0.1) is 0 Å². The van der Waals surface area contributed by atoms with E-state index in [9.17, 15) is 4.79 Å². The number of ether oxygens (including phenoxy) is 1. The lowest BCUT2D eigenvalue weighted by atomic mass is 9.99. The molecule has 1 amide bonds. The predicted molar refractivity (Wildman–Crippen MR) is 75.1 cm³/mol. The van der Waals surface area contributed by atoms with Gasteiger partial charge in [0.1, 0.15) is 0 Å². The molecule has 110 valence electrons. The summed E-state index contributed by atoms with van der Waals surface area (Å²) in [7, 11) is 0. The summed E-state index contributed by atoms with van der Waals surface area (Å²) in [4.78, 5) is 14.6. The molecule has 2 saturated heterocycles. The summed E-state index contributed by atoms with van der Waals surface area (Å²) >= 11 is 0. The smallest absolute Gasteiger partial charge is 0.239 e. The van der Waals surface area contributed by atoms with Crippen LogP contribution in [0.25, 0.3) is 0 Å². The Labute approximate surface area is 116 Å². The molecule has 0 aromatic carbocycles.